The maximum Gasteiger partial charge on any atom is 0.272 e. The van der Waals surface area contributed by atoms with Gasteiger partial charge in [0, 0.05) is 0 Å². The van der Waals surface area contributed by atoms with Crippen molar-refractivity contribution in [1.29, 1.82) is 0 Å². The van der Waals surface area contributed by atoms with E-state index in [4.69, 9.17) is 0 Å². The fraction of sp³-hybridized carbons (Fsp3) is 0.438. The van der Waals surface area contributed by atoms with Gasteiger partial charge in [-0.2, -0.15) is 0 Å². The average Bonchev–Trinajstić information content (AvgIpc) is 2.55. The fourth-order valence-electron chi connectivity index (χ4n) is 2.92. The van der Waals surface area contributed by atoms with Crippen LogP contribution in [0, 0.1) is 0 Å². The van der Waals surface area contributed by atoms with Gasteiger partial charge in [-0.25, -0.2) is 4.98 Å². The van der Waals surface area contributed by atoms with Gasteiger partial charge in [-0.05, 0) is 25.0 Å². The molecule has 5 nitrogen and oxygen atoms in total. The van der Waals surface area contributed by atoms with Gasteiger partial charge >= 0.3 is 0 Å². The number of aromatic nitrogens is 2. The van der Waals surface area contributed by atoms with E-state index in [1.54, 1.807) is 0 Å². The third-order valence-electron chi connectivity index (χ3n) is 4.17. The van der Waals surface area contributed by atoms with Gasteiger partial charge in [0.15, 0.2) is 0 Å². The highest BCUT2D eigenvalue weighted by molar-refractivity contribution is 5.94. The monoisotopic (exact) mass is 285 g/mol. The predicted molar refractivity (Wildman–Crippen MR) is 79.9 cm³/mol. The van der Waals surface area contributed by atoms with E-state index in [-0.39, 0.29) is 12.5 Å². The highest BCUT2D eigenvalue weighted by atomic mass is 16.3. The summed E-state index contributed by atoms with van der Waals surface area (Å²) < 4.78 is 0. The quantitative estimate of drug-likeness (QED) is 0.905. The largest absolute Gasteiger partial charge is 0.394 e. The lowest BCUT2D eigenvalue weighted by Crippen LogP contribution is -2.52. The Balaban J connectivity index is 1.82. The third kappa shape index (κ3) is 2.88. The lowest BCUT2D eigenvalue weighted by Gasteiger charge is -2.36. The van der Waals surface area contributed by atoms with E-state index < -0.39 is 5.54 Å². The Hall–Kier alpha value is -2.01. The van der Waals surface area contributed by atoms with Crippen LogP contribution >= 0.6 is 0 Å². The Kier molecular flexibility index (Phi) is 3.84. The summed E-state index contributed by atoms with van der Waals surface area (Å²) in [7, 11) is 0. The Morgan fingerprint density at radius 3 is 2.62 bits per heavy atom. The minimum Gasteiger partial charge on any atom is -0.394 e. The summed E-state index contributed by atoms with van der Waals surface area (Å²) in [6.45, 7) is -0.0280. The minimum atomic E-state index is -0.497. The van der Waals surface area contributed by atoms with Gasteiger partial charge in [-0.1, -0.05) is 31.4 Å². The van der Waals surface area contributed by atoms with Gasteiger partial charge in [0.1, 0.15) is 5.69 Å². The number of rotatable bonds is 3. The summed E-state index contributed by atoms with van der Waals surface area (Å²) in [5.74, 6) is -0.260. The van der Waals surface area contributed by atoms with Crippen molar-refractivity contribution in [2.45, 2.75) is 37.6 Å². The molecule has 0 saturated heterocycles. The maximum atomic E-state index is 12.4. The fourth-order valence-corrected chi connectivity index (χ4v) is 2.92. The van der Waals surface area contributed by atoms with E-state index in [9.17, 15) is 9.90 Å². The molecule has 0 aliphatic heterocycles. The number of carbonyl (C=O) groups is 1. The van der Waals surface area contributed by atoms with Crippen LogP contribution in [0.15, 0.2) is 30.5 Å². The number of benzene rings is 1. The van der Waals surface area contributed by atoms with Crippen LogP contribution in [-0.2, 0) is 0 Å². The van der Waals surface area contributed by atoms with Crippen molar-refractivity contribution in [3.05, 3.63) is 36.2 Å². The van der Waals surface area contributed by atoms with Gasteiger partial charge in [0.25, 0.3) is 5.91 Å². The summed E-state index contributed by atoms with van der Waals surface area (Å²) in [5, 5.41) is 12.6. The molecule has 1 saturated carbocycles. The first-order valence-corrected chi connectivity index (χ1v) is 7.38. The van der Waals surface area contributed by atoms with Crippen molar-refractivity contribution in [1.82, 2.24) is 15.3 Å². The van der Waals surface area contributed by atoms with Crippen molar-refractivity contribution in [2.24, 2.45) is 0 Å². The first kappa shape index (κ1) is 13.9. The van der Waals surface area contributed by atoms with Crippen LogP contribution in [0.4, 0.5) is 0 Å². The molecule has 2 N–H and O–H groups in total. The number of hydrogen-bond acceptors (Lipinski definition) is 4. The van der Waals surface area contributed by atoms with Gasteiger partial charge in [-0.15, -0.1) is 0 Å². The average molecular weight is 285 g/mol. The SMILES string of the molecule is O=C(NC1(CO)CCCCC1)c1cnc2ccccc2n1. The van der Waals surface area contributed by atoms with Gasteiger partial charge < -0.3 is 10.4 Å². The zero-order valence-corrected chi connectivity index (χ0v) is 11.9. The zero-order chi connectivity index (χ0) is 14.7. The lowest BCUT2D eigenvalue weighted by atomic mass is 9.82. The number of hydrogen-bond donors (Lipinski definition) is 2. The van der Waals surface area contributed by atoms with Crippen molar-refractivity contribution in [3.63, 3.8) is 0 Å². The van der Waals surface area contributed by atoms with Crippen molar-refractivity contribution in [2.75, 3.05) is 6.61 Å². The Labute approximate surface area is 123 Å². The molecular weight excluding hydrogens is 266 g/mol. The summed E-state index contributed by atoms with van der Waals surface area (Å²) in [6, 6.07) is 7.45. The normalized spacial score (nSPS) is 17.6. The molecule has 2 aromatic rings. The van der Waals surface area contributed by atoms with Crippen LogP contribution in [0.25, 0.3) is 11.0 Å². The molecule has 0 radical (unpaired) electrons. The van der Waals surface area contributed by atoms with Crippen LogP contribution in [0.2, 0.25) is 0 Å². The molecule has 110 valence electrons. The van der Waals surface area contributed by atoms with Gasteiger partial charge in [0.05, 0.1) is 29.4 Å². The second-order valence-electron chi connectivity index (χ2n) is 5.70. The van der Waals surface area contributed by atoms with Crippen LogP contribution < -0.4 is 5.32 Å². The molecule has 5 heteroatoms. The maximum absolute atomic E-state index is 12.4. The zero-order valence-electron chi connectivity index (χ0n) is 11.9. The highest BCUT2D eigenvalue weighted by Gasteiger charge is 2.33. The second kappa shape index (κ2) is 5.77. The van der Waals surface area contributed by atoms with Crippen molar-refractivity contribution in [3.8, 4) is 0 Å². The molecular formula is C16H19N3O2. The van der Waals surface area contributed by atoms with E-state index in [0.29, 0.717) is 11.2 Å². The molecule has 21 heavy (non-hydrogen) atoms. The molecule has 0 atom stereocenters. The van der Waals surface area contributed by atoms with Crippen molar-refractivity contribution >= 4 is 16.9 Å². The molecule has 1 aromatic heterocycles. The molecule has 3 rings (SSSR count). The third-order valence-corrected chi connectivity index (χ3v) is 4.17. The Morgan fingerprint density at radius 2 is 1.90 bits per heavy atom. The Bertz CT molecular complexity index is 651. The first-order chi connectivity index (χ1) is 10.2. The molecule has 0 unspecified atom stereocenters. The highest BCUT2D eigenvalue weighted by Crippen LogP contribution is 2.28. The molecule has 0 bridgehead atoms. The number of nitrogens with zero attached hydrogens (tertiary/aromatic N) is 2. The summed E-state index contributed by atoms with van der Waals surface area (Å²) in [4.78, 5) is 21.0. The molecule has 1 aromatic carbocycles. The van der Waals surface area contributed by atoms with E-state index in [2.05, 4.69) is 15.3 Å². The van der Waals surface area contributed by atoms with Crippen LogP contribution in [0.1, 0.15) is 42.6 Å². The van der Waals surface area contributed by atoms with Gasteiger partial charge in [0.2, 0.25) is 0 Å². The number of fused-ring (bicyclic) bond motifs is 1. The standard InChI is InChI=1S/C16H19N3O2/c20-11-16(8-4-1-5-9-16)19-15(21)14-10-17-12-6-2-3-7-13(12)18-14/h2-3,6-7,10,20H,1,4-5,8-9,11H2,(H,19,21). The van der Waals surface area contributed by atoms with E-state index in [1.165, 1.54) is 6.20 Å². The number of aliphatic hydroxyl groups excluding tert-OH is 1. The Morgan fingerprint density at radius 1 is 1.19 bits per heavy atom. The molecule has 1 aliphatic carbocycles. The van der Waals surface area contributed by atoms with Gasteiger partial charge in [-0.3, -0.25) is 9.78 Å². The topological polar surface area (TPSA) is 75.1 Å². The molecule has 1 aliphatic rings. The smallest absolute Gasteiger partial charge is 0.272 e. The van der Waals surface area contributed by atoms with E-state index >= 15 is 0 Å². The molecule has 1 heterocycles. The minimum absolute atomic E-state index is 0.0280. The number of amides is 1. The lowest BCUT2D eigenvalue weighted by molar-refractivity contribution is 0.0754. The second-order valence-corrected chi connectivity index (χ2v) is 5.70. The van der Waals surface area contributed by atoms with Crippen molar-refractivity contribution < 1.29 is 9.90 Å². The van der Waals surface area contributed by atoms with Crippen LogP contribution in [-0.4, -0.2) is 33.1 Å². The number of nitrogens with one attached hydrogen (secondary N) is 1. The first-order valence-electron chi connectivity index (χ1n) is 7.38. The number of aliphatic hydroxyl groups is 1. The summed E-state index contributed by atoms with van der Waals surface area (Å²) in [6.07, 6.45) is 6.35. The summed E-state index contributed by atoms with van der Waals surface area (Å²) >= 11 is 0. The molecule has 0 spiro atoms. The van der Waals surface area contributed by atoms with Crippen LogP contribution in [0.3, 0.4) is 0 Å². The van der Waals surface area contributed by atoms with Crippen LogP contribution in [0.5, 0.6) is 0 Å². The number of para-hydroxylation sites is 2. The summed E-state index contributed by atoms with van der Waals surface area (Å²) in [5.41, 5.74) is 1.27. The molecule has 1 amide bonds. The predicted octanol–water partition coefficient (Wildman–Crippen LogP) is 2.05. The van der Waals surface area contributed by atoms with E-state index in [1.807, 2.05) is 24.3 Å². The molecule has 1 fully saturated rings. The number of carbonyl (C=O) groups excluding carboxylic acids is 1. The van der Waals surface area contributed by atoms with E-state index in [0.717, 1.165) is 37.6 Å².